The molecule has 1 atom stereocenters. The minimum Gasteiger partial charge on any atom is -0.299 e. The Hall–Kier alpha value is -3.31. The monoisotopic (exact) mass is 497 g/mol. The van der Waals surface area contributed by atoms with Gasteiger partial charge < -0.3 is 0 Å². The highest BCUT2D eigenvalue weighted by molar-refractivity contribution is 7.92. The minimum atomic E-state index is -3.58. The van der Waals surface area contributed by atoms with Gasteiger partial charge in [-0.2, -0.15) is 5.21 Å². The number of para-hydroxylation sites is 1. The molecule has 186 valence electrons. The van der Waals surface area contributed by atoms with Crippen LogP contribution < -0.4 is 9.62 Å². The highest BCUT2D eigenvalue weighted by atomic mass is 32.2. The maximum atomic E-state index is 13.5. The van der Waals surface area contributed by atoms with Crippen LogP contribution in [0.5, 0.6) is 0 Å². The molecule has 1 amide bonds. The second-order valence-electron chi connectivity index (χ2n) is 8.92. The zero-order valence-electron chi connectivity index (χ0n) is 19.7. The second-order valence-corrected chi connectivity index (χ2v) is 10.8. The van der Waals surface area contributed by atoms with Crippen LogP contribution in [0.2, 0.25) is 0 Å². The first-order chi connectivity index (χ1) is 16.9. The van der Waals surface area contributed by atoms with Gasteiger partial charge in [-0.1, -0.05) is 53.6 Å². The van der Waals surface area contributed by atoms with Crippen LogP contribution in [-0.2, 0) is 20.6 Å². The van der Waals surface area contributed by atoms with E-state index in [0.717, 1.165) is 31.5 Å². The summed E-state index contributed by atoms with van der Waals surface area (Å²) in [5.74, 6) is 0.267. The van der Waals surface area contributed by atoms with Crippen molar-refractivity contribution in [3.05, 3.63) is 66.2 Å². The van der Waals surface area contributed by atoms with Crippen molar-refractivity contribution < 1.29 is 13.2 Å². The van der Waals surface area contributed by atoms with Gasteiger partial charge in [-0.15, -0.1) is 5.10 Å². The van der Waals surface area contributed by atoms with E-state index >= 15 is 0 Å². The molecule has 10 nitrogen and oxygen atoms in total. The number of benzene rings is 2. The number of H-pyrrole nitrogens is 1. The Balaban J connectivity index is 1.36. The second kappa shape index (κ2) is 11.4. The minimum absolute atomic E-state index is 0.0230. The number of anilines is 2. The largest absolute Gasteiger partial charge is 0.299 e. The number of likely N-dealkylation sites (tertiary alicyclic amines) is 1. The molecule has 2 heterocycles. The van der Waals surface area contributed by atoms with Crippen LogP contribution in [0.15, 0.2) is 60.7 Å². The summed E-state index contributed by atoms with van der Waals surface area (Å²) in [6.07, 6.45) is 2.14. The van der Waals surface area contributed by atoms with E-state index in [2.05, 4.69) is 37.8 Å². The molecule has 11 heteroatoms. The number of aromatic amines is 1. The molecule has 0 bridgehead atoms. The van der Waals surface area contributed by atoms with Gasteiger partial charge in [-0.05, 0) is 61.7 Å². The fraction of sp³-hybridized carbons (Fsp3) is 0.417. The molecular weight excluding hydrogens is 466 g/mol. The maximum absolute atomic E-state index is 13.5. The lowest BCUT2D eigenvalue weighted by Crippen LogP contribution is -2.48. The predicted octanol–water partition coefficient (Wildman–Crippen LogP) is 2.67. The number of piperidine rings is 1. The highest BCUT2D eigenvalue weighted by Crippen LogP contribution is 2.25. The summed E-state index contributed by atoms with van der Waals surface area (Å²) in [6.45, 7) is 4.05. The number of hydrogen-bond donors (Lipinski definition) is 2. The van der Waals surface area contributed by atoms with Crippen LogP contribution in [0, 0.1) is 5.92 Å². The number of aromatic nitrogens is 4. The number of carbonyl (C=O) groups is 1. The molecule has 1 fully saturated rings. The van der Waals surface area contributed by atoms with Gasteiger partial charge in [-0.3, -0.25) is 19.3 Å². The average molecular weight is 498 g/mol. The first-order valence-corrected chi connectivity index (χ1v) is 13.4. The summed E-state index contributed by atoms with van der Waals surface area (Å²) in [5, 5.41) is 15.9. The van der Waals surface area contributed by atoms with Gasteiger partial charge in [-0.25, -0.2) is 8.42 Å². The molecule has 0 unspecified atom stereocenters. The number of tetrazole rings is 1. The van der Waals surface area contributed by atoms with Gasteiger partial charge in [0.15, 0.2) is 0 Å². The van der Waals surface area contributed by atoms with Crippen molar-refractivity contribution in [2.45, 2.75) is 38.0 Å². The lowest BCUT2D eigenvalue weighted by Gasteiger charge is -2.38. The van der Waals surface area contributed by atoms with Crippen molar-refractivity contribution in [3.63, 3.8) is 0 Å². The highest BCUT2D eigenvalue weighted by Gasteiger charge is 2.29. The number of nitrogens with one attached hydrogen (secondary N) is 2. The maximum Gasteiger partial charge on any atom is 0.269 e. The summed E-state index contributed by atoms with van der Waals surface area (Å²) < 4.78 is 28.5. The van der Waals surface area contributed by atoms with Crippen molar-refractivity contribution in [3.8, 4) is 0 Å². The first kappa shape index (κ1) is 24.8. The third-order valence-corrected chi connectivity index (χ3v) is 8.07. The number of nitrogens with zero attached hydrogens (tertiary/aromatic N) is 5. The molecule has 1 aliphatic heterocycles. The quantitative estimate of drug-likeness (QED) is 0.441. The third kappa shape index (κ3) is 6.86. The van der Waals surface area contributed by atoms with Crippen LogP contribution in [-0.4, -0.2) is 65.5 Å². The van der Waals surface area contributed by atoms with Crippen LogP contribution in [0.3, 0.4) is 0 Å². The lowest BCUT2D eigenvalue weighted by atomic mass is 9.92. The topological polar surface area (TPSA) is 124 Å². The molecule has 35 heavy (non-hydrogen) atoms. The van der Waals surface area contributed by atoms with Gasteiger partial charge in [0.05, 0.1) is 11.4 Å². The smallest absolute Gasteiger partial charge is 0.269 e. The summed E-state index contributed by atoms with van der Waals surface area (Å²) in [6, 6.07) is 18.6. The van der Waals surface area contributed by atoms with Crippen molar-refractivity contribution in [1.29, 1.82) is 0 Å². The van der Waals surface area contributed by atoms with Crippen LogP contribution in [0.1, 0.15) is 31.7 Å². The Morgan fingerprint density at radius 1 is 1.11 bits per heavy atom. The zero-order chi connectivity index (χ0) is 24.7. The van der Waals surface area contributed by atoms with Gasteiger partial charge in [0.1, 0.15) is 0 Å². The number of hydrogen-bond acceptors (Lipinski definition) is 7. The summed E-state index contributed by atoms with van der Waals surface area (Å²) in [7, 11) is -3.58. The van der Waals surface area contributed by atoms with Crippen LogP contribution >= 0.6 is 0 Å². The lowest BCUT2D eigenvalue weighted by molar-refractivity contribution is -0.117. The summed E-state index contributed by atoms with van der Waals surface area (Å²) >= 11 is 0. The predicted molar refractivity (Wildman–Crippen MR) is 134 cm³/mol. The number of carbonyl (C=O) groups excluding carboxylic acids is 1. The van der Waals surface area contributed by atoms with Gasteiger partial charge in [0.2, 0.25) is 15.9 Å². The van der Waals surface area contributed by atoms with E-state index in [4.69, 9.17) is 0 Å². The van der Waals surface area contributed by atoms with Crippen molar-refractivity contribution in [2.24, 2.45) is 5.92 Å². The standard InChI is InChI=1S/C24H31N7O3S/c1-19(30-14-12-20(13-15-30)16-23(32)25-24-26-28-29-27-24)17-31(22-10-6-3-7-11-22)35(33,34)18-21-8-4-2-5-9-21/h2-11,19-20H,12-18H2,1H3,(H2,25,26,27,28,29,32)/t19-/m1/s1. The van der Waals surface area contributed by atoms with Gasteiger partial charge in [0, 0.05) is 19.0 Å². The molecule has 0 saturated carbocycles. The number of rotatable bonds is 10. The van der Waals surface area contributed by atoms with E-state index in [1.54, 1.807) is 0 Å². The van der Waals surface area contributed by atoms with E-state index in [-0.39, 0.29) is 29.6 Å². The molecule has 2 N–H and O–H groups in total. The molecule has 4 rings (SSSR count). The van der Waals surface area contributed by atoms with E-state index < -0.39 is 10.0 Å². The third-order valence-electron chi connectivity index (χ3n) is 6.35. The average Bonchev–Trinajstić information content (AvgIpc) is 3.36. The molecule has 3 aromatic rings. The van der Waals surface area contributed by atoms with E-state index in [1.165, 1.54) is 4.31 Å². The number of amides is 1. The van der Waals surface area contributed by atoms with Crippen molar-refractivity contribution in [1.82, 2.24) is 25.5 Å². The van der Waals surface area contributed by atoms with Crippen molar-refractivity contribution >= 4 is 27.6 Å². The number of sulfonamides is 1. The fourth-order valence-electron chi connectivity index (χ4n) is 4.44. The van der Waals surface area contributed by atoms with Crippen molar-refractivity contribution in [2.75, 3.05) is 29.3 Å². The Kier molecular flexibility index (Phi) is 8.09. The molecule has 0 spiro atoms. The van der Waals surface area contributed by atoms with Crippen LogP contribution in [0.25, 0.3) is 0 Å². The zero-order valence-corrected chi connectivity index (χ0v) is 20.6. The Morgan fingerprint density at radius 2 is 1.77 bits per heavy atom. The van der Waals surface area contributed by atoms with E-state index in [0.29, 0.717) is 18.7 Å². The van der Waals surface area contributed by atoms with E-state index in [9.17, 15) is 13.2 Å². The Labute approximate surface area is 205 Å². The van der Waals surface area contributed by atoms with Gasteiger partial charge in [0.25, 0.3) is 5.95 Å². The molecule has 2 aromatic carbocycles. The Morgan fingerprint density at radius 3 is 2.40 bits per heavy atom. The molecule has 0 aliphatic carbocycles. The Bertz CT molecular complexity index is 1170. The van der Waals surface area contributed by atoms with E-state index in [1.807, 2.05) is 60.7 Å². The molecule has 0 radical (unpaired) electrons. The molecular formula is C24H31N7O3S. The van der Waals surface area contributed by atoms with Crippen LogP contribution in [0.4, 0.5) is 11.6 Å². The molecule has 1 aliphatic rings. The summed E-state index contributed by atoms with van der Waals surface area (Å²) in [4.78, 5) is 14.5. The molecule has 1 saturated heterocycles. The SMILES string of the molecule is C[C@H](CN(c1ccccc1)S(=O)(=O)Cc1ccccc1)N1CCC(CC(=O)Nc2nn[nH]n2)CC1. The van der Waals surface area contributed by atoms with Gasteiger partial charge >= 0.3 is 0 Å². The summed E-state index contributed by atoms with van der Waals surface area (Å²) in [5.41, 5.74) is 1.43. The first-order valence-electron chi connectivity index (χ1n) is 11.8. The fourth-order valence-corrected chi connectivity index (χ4v) is 6.10. The molecule has 1 aromatic heterocycles. The normalized spacial score (nSPS) is 16.0.